The minimum Gasteiger partial charge on any atom is -0.338 e. The number of ketones is 2. The second-order valence-corrected chi connectivity index (χ2v) is 7.61. The summed E-state index contributed by atoms with van der Waals surface area (Å²) in [6.07, 6.45) is 0.922. The Morgan fingerprint density at radius 2 is 1.38 bits per heavy atom. The number of fused-ring (bicyclic) bond motifs is 2. The predicted molar refractivity (Wildman–Crippen MR) is 109 cm³/mol. The Balaban J connectivity index is 1.43. The number of rotatable bonds is 2. The van der Waals surface area contributed by atoms with Crippen LogP contribution < -0.4 is 0 Å². The molecule has 2 aliphatic rings. The van der Waals surface area contributed by atoms with E-state index in [0.29, 0.717) is 46.8 Å². The summed E-state index contributed by atoms with van der Waals surface area (Å²) in [5, 5.41) is 0. The molecule has 0 N–H and O–H groups in total. The first-order chi connectivity index (χ1) is 14.1. The van der Waals surface area contributed by atoms with Crippen molar-refractivity contribution in [2.45, 2.75) is 12.3 Å². The van der Waals surface area contributed by atoms with Crippen molar-refractivity contribution in [1.82, 2.24) is 4.90 Å². The second kappa shape index (κ2) is 6.82. The van der Waals surface area contributed by atoms with Crippen molar-refractivity contribution in [3.63, 3.8) is 0 Å². The molecule has 3 aromatic carbocycles. The third-order valence-electron chi connectivity index (χ3n) is 5.92. The molecule has 1 fully saturated rings. The lowest BCUT2D eigenvalue weighted by molar-refractivity contribution is 0.0790. The Kier molecular flexibility index (Phi) is 4.13. The van der Waals surface area contributed by atoms with Gasteiger partial charge in [-0.25, -0.2) is 0 Å². The lowest BCUT2D eigenvalue weighted by Gasteiger charge is -2.20. The summed E-state index contributed by atoms with van der Waals surface area (Å²) in [6.45, 7) is 1.35. The van der Waals surface area contributed by atoms with Gasteiger partial charge < -0.3 is 4.90 Å². The summed E-state index contributed by atoms with van der Waals surface area (Å²) < 4.78 is 0. The molecule has 0 saturated carbocycles. The Labute approximate surface area is 168 Å². The minimum atomic E-state index is -0.201. The van der Waals surface area contributed by atoms with Crippen molar-refractivity contribution in [2.24, 2.45) is 0 Å². The molecule has 5 rings (SSSR count). The van der Waals surface area contributed by atoms with Gasteiger partial charge in [0, 0.05) is 46.8 Å². The van der Waals surface area contributed by atoms with Crippen LogP contribution in [0.25, 0.3) is 0 Å². The van der Waals surface area contributed by atoms with Crippen LogP contribution >= 0.6 is 0 Å². The molecule has 3 aromatic rings. The van der Waals surface area contributed by atoms with Crippen LogP contribution in [0, 0.1) is 0 Å². The van der Waals surface area contributed by atoms with Gasteiger partial charge in [-0.1, -0.05) is 54.6 Å². The number of carbonyl (C=O) groups is 3. The monoisotopic (exact) mass is 381 g/mol. The maximum Gasteiger partial charge on any atom is 0.253 e. The van der Waals surface area contributed by atoms with Gasteiger partial charge in [0.15, 0.2) is 11.6 Å². The molecular weight excluding hydrogens is 362 g/mol. The van der Waals surface area contributed by atoms with Gasteiger partial charge in [-0.2, -0.15) is 0 Å². The molecule has 4 nitrogen and oxygen atoms in total. The van der Waals surface area contributed by atoms with E-state index >= 15 is 0 Å². The van der Waals surface area contributed by atoms with E-state index in [2.05, 4.69) is 12.1 Å². The summed E-state index contributed by atoms with van der Waals surface area (Å²) in [4.78, 5) is 40.6. The van der Waals surface area contributed by atoms with Crippen molar-refractivity contribution in [2.75, 3.05) is 13.1 Å². The van der Waals surface area contributed by atoms with Crippen LogP contribution in [-0.2, 0) is 0 Å². The fourth-order valence-corrected chi connectivity index (χ4v) is 4.36. The molecule has 1 aliphatic carbocycles. The van der Waals surface area contributed by atoms with Gasteiger partial charge in [-0.3, -0.25) is 14.4 Å². The molecule has 0 radical (unpaired) electrons. The quantitative estimate of drug-likeness (QED) is 0.525. The number of benzene rings is 3. The number of hydrogen-bond donors (Lipinski definition) is 0. The molecule has 4 heteroatoms. The Morgan fingerprint density at radius 1 is 0.759 bits per heavy atom. The van der Waals surface area contributed by atoms with E-state index < -0.39 is 0 Å². The summed E-state index contributed by atoms with van der Waals surface area (Å²) >= 11 is 0. The van der Waals surface area contributed by atoms with Gasteiger partial charge in [-0.15, -0.1) is 0 Å². The van der Waals surface area contributed by atoms with E-state index in [4.69, 9.17) is 0 Å². The maximum absolute atomic E-state index is 13.1. The van der Waals surface area contributed by atoms with Crippen LogP contribution in [0.4, 0.5) is 0 Å². The molecule has 1 heterocycles. The molecule has 29 heavy (non-hydrogen) atoms. The first kappa shape index (κ1) is 17.6. The van der Waals surface area contributed by atoms with Crippen molar-refractivity contribution in [3.8, 4) is 0 Å². The SMILES string of the molecule is O=C1c2ccccc2C(=O)c2cc(C(=O)N3CCC(c4ccccc4)C3)ccc21. The number of nitrogens with zero attached hydrogens (tertiary/aromatic N) is 1. The number of amides is 1. The molecule has 142 valence electrons. The van der Waals surface area contributed by atoms with E-state index in [-0.39, 0.29) is 17.5 Å². The summed E-state index contributed by atoms with van der Waals surface area (Å²) in [5.41, 5.74) is 3.21. The second-order valence-electron chi connectivity index (χ2n) is 7.61. The average molecular weight is 381 g/mol. The van der Waals surface area contributed by atoms with Gasteiger partial charge in [0.2, 0.25) is 0 Å². The molecule has 1 aliphatic heterocycles. The fraction of sp³-hybridized carbons (Fsp3) is 0.160. The number of carbonyl (C=O) groups excluding carboxylic acids is 3. The van der Waals surface area contributed by atoms with E-state index in [1.807, 2.05) is 23.1 Å². The highest BCUT2D eigenvalue weighted by atomic mass is 16.2. The van der Waals surface area contributed by atoms with Gasteiger partial charge in [0.05, 0.1) is 0 Å². The smallest absolute Gasteiger partial charge is 0.253 e. The highest BCUT2D eigenvalue weighted by molar-refractivity contribution is 6.28. The normalized spacial score (nSPS) is 17.8. The first-order valence-corrected chi connectivity index (χ1v) is 9.80. The molecule has 1 unspecified atom stereocenters. The lowest BCUT2D eigenvalue weighted by Crippen LogP contribution is -2.29. The Morgan fingerprint density at radius 3 is 2.10 bits per heavy atom. The van der Waals surface area contributed by atoms with Crippen LogP contribution in [0.5, 0.6) is 0 Å². The minimum absolute atomic E-state index is 0.0923. The topological polar surface area (TPSA) is 54.5 Å². The summed E-state index contributed by atoms with van der Waals surface area (Å²) in [7, 11) is 0. The van der Waals surface area contributed by atoms with Crippen molar-refractivity contribution >= 4 is 17.5 Å². The molecular formula is C25H19NO3. The highest BCUT2D eigenvalue weighted by Crippen LogP contribution is 2.30. The molecule has 0 aromatic heterocycles. The lowest BCUT2D eigenvalue weighted by atomic mass is 9.83. The average Bonchev–Trinajstić information content (AvgIpc) is 3.27. The van der Waals surface area contributed by atoms with Crippen molar-refractivity contribution in [3.05, 3.63) is 106 Å². The van der Waals surface area contributed by atoms with E-state index in [1.54, 1.807) is 42.5 Å². The van der Waals surface area contributed by atoms with Crippen molar-refractivity contribution in [1.29, 1.82) is 0 Å². The van der Waals surface area contributed by atoms with E-state index in [9.17, 15) is 14.4 Å². The van der Waals surface area contributed by atoms with Crippen LogP contribution in [0.2, 0.25) is 0 Å². The molecule has 1 atom stereocenters. The van der Waals surface area contributed by atoms with E-state index in [1.165, 1.54) is 5.56 Å². The third kappa shape index (κ3) is 2.88. The highest BCUT2D eigenvalue weighted by Gasteiger charge is 2.32. The van der Waals surface area contributed by atoms with Crippen LogP contribution in [0.3, 0.4) is 0 Å². The number of likely N-dealkylation sites (tertiary alicyclic amines) is 1. The standard InChI is InChI=1S/C25H19NO3/c27-23-19-8-4-5-9-20(19)24(28)22-14-17(10-11-21(22)23)25(29)26-13-12-18(15-26)16-6-2-1-3-7-16/h1-11,14,18H,12-13,15H2. The van der Waals surface area contributed by atoms with Crippen molar-refractivity contribution < 1.29 is 14.4 Å². The van der Waals surface area contributed by atoms with Crippen LogP contribution in [0.1, 0.15) is 60.1 Å². The van der Waals surface area contributed by atoms with E-state index in [0.717, 1.165) is 6.42 Å². The van der Waals surface area contributed by atoms with Crippen LogP contribution in [0.15, 0.2) is 72.8 Å². The zero-order valence-electron chi connectivity index (χ0n) is 15.8. The zero-order valence-corrected chi connectivity index (χ0v) is 15.8. The predicted octanol–water partition coefficient (Wildman–Crippen LogP) is 4.09. The molecule has 0 spiro atoms. The van der Waals surface area contributed by atoms with Gasteiger partial charge >= 0.3 is 0 Å². The Bertz CT molecular complexity index is 1150. The summed E-state index contributed by atoms with van der Waals surface area (Å²) in [6, 6.07) is 21.9. The van der Waals surface area contributed by atoms with Gasteiger partial charge in [0.1, 0.15) is 0 Å². The van der Waals surface area contributed by atoms with Gasteiger partial charge in [0.25, 0.3) is 5.91 Å². The zero-order chi connectivity index (χ0) is 20.0. The maximum atomic E-state index is 13.1. The van der Waals surface area contributed by atoms with Gasteiger partial charge in [-0.05, 0) is 30.2 Å². The first-order valence-electron chi connectivity index (χ1n) is 9.80. The molecule has 1 saturated heterocycles. The van der Waals surface area contributed by atoms with Crippen LogP contribution in [-0.4, -0.2) is 35.5 Å². The third-order valence-corrected chi connectivity index (χ3v) is 5.92. The number of hydrogen-bond acceptors (Lipinski definition) is 3. The Hall–Kier alpha value is -3.53. The molecule has 0 bridgehead atoms. The largest absolute Gasteiger partial charge is 0.338 e. The fourth-order valence-electron chi connectivity index (χ4n) is 4.36. The molecule has 1 amide bonds. The summed E-state index contributed by atoms with van der Waals surface area (Å²) in [5.74, 6) is -0.133.